The molecule has 3 heteroatoms. The number of hydrogen-bond acceptors (Lipinski definition) is 1. The molecular formula is C13H10BrFO. The molecule has 1 nitrogen and oxygen atoms in total. The third-order valence-corrected chi connectivity index (χ3v) is 3.09. The van der Waals surface area contributed by atoms with Gasteiger partial charge in [0.05, 0.1) is 0 Å². The van der Waals surface area contributed by atoms with E-state index >= 15 is 0 Å². The van der Waals surface area contributed by atoms with Gasteiger partial charge in [0.2, 0.25) is 0 Å². The molecule has 0 saturated heterocycles. The molecule has 0 fully saturated rings. The molecule has 16 heavy (non-hydrogen) atoms. The number of halogens is 2. The van der Waals surface area contributed by atoms with Crippen LogP contribution in [0.2, 0.25) is 0 Å². The molecule has 1 atom stereocenters. The van der Waals surface area contributed by atoms with Crippen LogP contribution in [0.3, 0.4) is 0 Å². The molecule has 0 radical (unpaired) electrons. The zero-order chi connectivity index (χ0) is 11.5. The average molecular weight is 281 g/mol. The Kier molecular flexibility index (Phi) is 3.36. The van der Waals surface area contributed by atoms with E-state index in [1.54, 1.807) is 18.2 Å². The van der Waals surface area contributed by atoms with E-state index in [0.717, 1.165) is 10.0 Å². The first-order valence-electron chi connectivity index (χ1n) is 4.86. The summed E-state index contributed by atoms with van der Waals surface area (Å²) in [5.41, 5.74) is 1.28. The molecule has 82 valence electrons. The Morgan fingerprint density at radius 1 is 1.06 bits per heavy atom. The molecule has 0 aliphatic carbocycles. The zero-order valence-corrected chi connectivity index (χ0v) is 9.99. The highest BCUT2D eigenvalue weighted by atomic mass is 79.9. The van der Waals surface area contributed by atoms with Crippen LogP contribution in [-0.4, -0.2) is 5.11 Å². The van der Waals surface area contributed by atoms with Crippen LogP contribution >= 0.6 is 15.9 Å². The Hall–Kier alpha value is -1.19. The van der Waals surface area contributed by atoms with Gasteiger partial charge in [-0.05, 0) is 29.3 Å². The van der Waals surface area contributed by atoms with Gasteiger partial charge in [0.1, 0.15) is 11.9 Å². The molecule has 0 aliphatic heterocycles. The molecule has 0 amide bonds. The van der Waals surface area contributed by atoms with Crippen molar-refractivity contribution in [1.29, 1.82) is 0 Å². The van der Waals surface area contributed by atoms with Crippen LogP contribution in [0, 0.1) is 5.82 Å². The summed E-state index contributed by atoms with van der Waals surface area (Å²) in [6, 6.07) is 13.3. The van der Waals surface area contributed by atoms with Crippen LogP contribution in [-0.2, 0) is 0 Å². The predicted octanol–water partition coefficient (Wildman–Crippen LogP) is 3.67. The van der Waals surface area contributed by atoms with E-state index in [-0.39, 0.29) is 5.82 Å². The topological polar surface area (TPSA) is 20.2 Å². The van der Waals surface area contributed by atoms with Crippen molar-refractivity contribution >= 4 is 15.9 Å². The third-order valence-electron chi connectivity index (χ3n) is 2.36. The first kappa shape index (κ1) is 11.3. The van der Waals surface area contributed by atoms with Gasteiger partial charge in [-0.1, -0.05) is 46.3 Å². The lowest BCUT2D eigenvalue weighted by Gasteiger charge is -2.13. The first-order chi connectivity index (χ1) is 7.68. The van der Waals surface area contributed by atoms with Gasteiger partial charge in [-0.3, -0.25) is 0 Å². The number of aliphatic hydroxyl groups is 1. The fraction of sp³-hybridized carbons (Fsp3) is 0.0769. The van der Waals surface area contributed by atoms with Crippen LogP contribution < -0.4 is 0 Å². The van der Waals surface area contributed by atoms with Crippen molar-refractivity contribution in [3.8, 4) is 0 Å². The van der Waals surface area contributed by atoms with E-state index in [1.807, 2.05) is 18.2 Å². The normalized spacial score (nSPS) is 12.4. The van der Waals surface area contributed by atoms with Gasteiger partial charge in [-0.25, -0.2) is 4.39 Å². The maximum absolute atomic E-state index is 13.0. The van der Waals surface area contributed by atoms with Crippen molar-refractivity contribution in [3.05, 3.63) is 69.9 Å². The second-order valence-electron chi connectivity index (χ2n) is 3.48. The molecular weight excluding hydrogens is 271 g/mol. The van der Waals surface area contributed by atoms with Crippen molar-refractivity contribution in [3.63, 3.8) is 0 Å². The highest BCUT2D eigenvalue weighted by Crippen LogP contribution is 2.28. The Morgan fingerprint density at radius 3 is 2.50 bits per heavy atom. The molecule has 0 bridgehead atoms. The molecule has 1 N–H and O–H groups in total. The molecule has 2 aromatic rings. The molecule has 2 rings (SSSR count). The summed E-state index contributed by atoms with van der Waals surface area (Å²) in [4.78, 5) is 0. The molecule has 1 unspecified atom stereocenters. The number of aliphatic hydroxyl groups excluding tert-OH is 1. The fourth-order valence-corrected chi connectivity index (χ4v) is 2.05. The molecule has 0 heterocycles. The second-order valence-corrected chi connectivity index (χ2v) is 4.33. The highest BCUT2D eigenvalue weighted by Gasteiger charge is 2.13. The Labute approximate surface area is 102 Å². The predicted molar refractivity (Wildman–Crippen MR) is 64.6 cm³/mol. The number of hydrogen-bond donors (Lipinski definition) is 1. The van der Waals surface area contributed by atoms with E-state index in [4.69, 9.17) is 0 Å². The Morgan fingerprint density at radius 2 is 1.81 bits per heavy atom. The van der Waals surface area contributed by atoms with Crippen LogP contribution in [0.1, 0.15) is 17.2 Å². The van der Waals surface area contributed by atoms with Gasteiger partial charge in [0.15, 0.2) is 0 Å². The minimum absolute atomic E-state index is 0.344. The van der Waals surface area contributed by atoms with Crippen LogP contribution in [0.4, 0.5) is 4.39 Å². The SMILES string of the molecule is OC(c1cccc(F)c1)c1ccccc1Br. The minimum atomic E-state index is -0.814. The lowest BCUT2D eigenvalue weighted by molar-refractivity contribution is 0.219. The summed E-state index contributed by atoms with van der Waals surface area (Å²) in [5, 5.41) is 10.1. The van der Waals surface area contributed by atoms with Gasteiger partial charge in [0.25, 0.3) is 0 Å². The van der Waals surface area contributed by atoms with Crippen molar-refractivity contribution in [1.82, 2.24) is 0 Å². The van der Waals surface area contributed by atoms with Gasteiger partial charge in [-0.2, -0.15) is 0 Å². The third kappa shape index (κ3) is 2.31. The van der Waals surface area contributed by atoms with Gasteiger partial charge < -0.3 is 5.11 Å². The van der Waals surface area contributed by atoms with Crippen molar-refractivity contribution in [2.75, 3.05) is 0 Å². The highest BCUT2D eigenvalue weighted by molar-refractivity contribution is 9.10. The van der Waals surface area contributed by atoms with Gasteiger partial charge in [0, 0.05) is 4.47 Å². The van der Waals surface area contributed by atoms with E-state index in [0.29, 0.717) is 5.56 Å². The van der Waals surface area contributed by atoms with E-state index in [1.165, 1.54) is 12.1 Å². The number of rotatable bonds is 2. The monoisotopic (exact) mass is 280 g/mol. The average Bonchev–Trinajstić information content (AvgIpc) is 2.29. The van der Waals surface area contributed by atoms with Crippen molar-refractivity contribution in [2.45, 2.75) is 6.10 Å². The molecule has 0 saturated carbocycles. The second kappa shape index (κ2) is 4.76. The summed E-state index contributed by atoms with van der Waals surface area (Å²) in [5.74, 6) is -0.344. The summed E-state index contributed by atoms with van der Waals surface area (Å²) >= 11 is 3.36. The first-order valence-corrected chi connectivity index (χ1v) is 5.66. The zero-order valence-electron chi connectivity index (χ0n) is 8.40. The van der Waals surface area contributed by atoms with Crippen molar-refractivity contribution < 1.29 is 9.50 Å². The largest absolute Gasteiger partial charge is 0.384 e. The van der Waals surface area contributed by atoms with Crippen LogP contribution in [0.25, 0.3) is 0 Å². The smallest absolute Gasteiger partial charge is 0.123 e. The standard InChI is InChI=1S/C13H10BrFO/c14-12-7-2-1-6-11(12)13(16)9-4-3-5-10(15)8-9/h1-8,13,16H. The number of benzene rings is 2. The molecule has 0 spiro atoms. The van der Waals surface area contributed by atoms with Crippen LogP contribution in [0.5, 0.6) is 0 Å². The maximum Gasteiger partial charge on any atom is 0.123 e. The van der Waals surface area contributed by atoms with E-state index < -0.39 is 6.10 Å². The lowest BCUT2D eigenvalue weighted by Crippen LogP contribution is -2.00. The maximum atomic E-state index is 13.0. The van der Waals surface area contributed by atoms with Crippen LogP contribution in [0.15, 0.2) is 53.0 Å². The quantitative estimate of drug-likeness (QED) is 0.890. The Balaban J connectivity index is 2.39. The van der Waals surface area contributed by atoms with E-state index in [2.05, 4.69) is 15.9 Å². The van der Waals surface area contributed by atoms with E-state index in [9.17, 15) is 9.50 Å². The minimum Gasteiger partial charge on any atom is -0.384 e. The summed E-state index contributed by atoms with van der Waals surface area (Å²) < 4.78 is 13.8. The fourth-order valence-electron chi connectivity index (χ4n) is 1.55. The van der Waals surface area contributed by atoms with Gasteiger partial charge >= 0.3 is 0 Å². The summed E-state index contributed by atoms with van der Waals surface area (Å²) in [6.07, 6.45) is -0.814. The Bertz CT molecular complexity index is 499. The van der Waals surface area contributed by atoms with Crippen molar-refractivity contribution in [2.24, 2.45) is 0 Å². The summed E-state index contributed by atoms with van der Waals surface area (Å²) in [7, 11) is 0. The van der Waals surface area contributed by atoms with Gasteiger partial charge in [-0.15, -0.1) is 0 Å². The molecule has 2 aromatic carbocycles. The molecule has 0 aromatic heterocycles. The lowest BCUT2D eigenvalue weighted by atomic mass is 10.0. The summed E-state index contributed by atoms with van der Waals surface area (Å²) in [6.45, 7) is 0. The molecule has 0 aliphatic rings.